The molecule has 0 aromatic rings. The third-order valence-corrected chi connectivity index (χ3v) is 5.94. The number of nitrogens with two attached hydrogens (primary N) is 1. The maximum absolute atomic E-state index is 6.48. The Morgan fingerprint density at radius 1 is 1.00 bits per heavy atom. The Balaban J connectivity index is 4.23. The van der Waals surface area contributed by atoms with Gasteiger partial charge in [0, 0.05) is 5.54 Å². The molecule has 0 fully saturated rings. The number of hydrogen-bond donors (Lipinski definition) is 1. The number of allylic oxidation sites excluding steroid dienone is 1. The second kappa shape index (κ2) is 9.87. The van der Waals surface area contributed by atoms with E-state index in [4.69, 9.17) is 5.73 Å². The van der Waals surface area contributed by atoms with Crippen LogP contribution in [-0.2, 0) is 0 Å². The standard InChI is InChI=1S/C22H45N/c1-10-21(7,8)20(6)15-18(4)11-12-19(5)16-22(9,23)14-13-17(2)3/h13,18-20H,10-12,14-16,23H2,1-9H3. The van der Waals surface area contributed by atoms with Crippen LogP contribution in [0, 0.1) is 23.2 Å². The van der Waals surface area contributed by atoms with Crippen molar-refractivity contribution in [1.29, 1.82) is 0 Å². The fourth-order valence-electron chi connectivity index (χ4n) is 3.38. The van der Waals surface area contributed by atoms with Gasteiger partial charge in [-0.25, -0.2) is 0 Å². The Morgan fingerprint density at radius 3 is 2.00 bits per heavy atom. The van der Waals surface area contributed by atoms with Gasteiger partial charge >= 0.3 is 0 Å². The smallest absolute Gasteiger partial charge is 0.0163 e. The van der Waals surface area contributed by atoms with Gasteiger partial charge in [-0.05, 0) is 63.2 Å². The predicted octanol–water partition coefficient (Wildman–Crippen LogP) is 6.97. The second-order valence-electron chi connectivity index (χ2n) is 9.61. The van der Waals surface area contributed by atoms with Gasteiger partial charge in [0.05, 0.1) is 0 Å². The largest absolute Gasteiger partial charge is 0.325 e. The average Bonchev–Trinajstić information content (AvgIpc) is 2.42. The monoisotopic (exact) mass is 323 g/mol. The third kappa shape index (κ3) is 10.2. The van der Waals surface area contributed by atoms with E-state index < -0.39 is 0 Å². The molecule has 0 aromatic heterocycles. The minimum Gasteiger partial charge on any atom is -0.325 e. The van der Waals surface area contributed by atoms with Crippen LogP contribution in [0.1, 0.15) is 101 Å². The lowest BCUT2D eigenvalue weighted by Crippen LogP contribution is -2.37. The van der Waals surface area contributed by atoms with Gasteiger partial charge in [-0.2, -0.15) is 0 Å². The third-order valence-electron chi connectivity index (χ3n) is 5.94. The maximum Gasteiger partial charge on any atom is 0.0163 e. The van der Waals surface area contributed by atoms with Gasteiger partial charge in [-0.1, -0.05) is 72.5 Å². The van der Waals surface area contributed by atoms with E-state index in [-0.39, 0.29) is 5.54 Å². The highest BCUT2D eigenvalue weighted by atomic mass is 14.7. The Bertz CT molecular complexity index is 347. The van der Waals surface area contributed by atoms with Gasteiger partial charge in [0.25, 0.3) is 0 Å². The summed E-state index contributed by atoms with van der Waals surface area (Å²) >= 11 is 0. The van der Waals surface area contributed by atoms with Crippen LogP contribution < -0.4 is 5.73 Å². The molecular formula is C22H45N. The summed E-state index contributed by atoms with van der Waals surface area (Å²) in [6, 6.07) is 0. The van der Waals surface area contributed by atoms with E-state index in [2.05, 4.69) is 68.4 Å². The first-order valence-corrected chi connectivity index (χ1v) is 9.82. The van der Waals surface area contributed by atoms with Gasteiger partial charge in [0.15, 0.2) is 0 Å². The van der Waals surface area contributed by atoms with Gasteiger partial charge in [-0.3, -0.25) is 0 Å². The van der Waals surface area contributed by atoms with Crippen LogP contribution in [-0.4, -0.2) is 5.54 Å². The van der Waals surface area contributed by atoms with Crippen LogP contribution >= 0.6 is 0 Å². The van der Waals surface area contributed by atoms with Crippen molar-refractivity contribution in [2.45, 2.75) is 106 Å². The van der Waals surface area contributed by atoms with E-state index in [0.717, 1.165) is 24.7 Å². The molecule has 1 nitrogen and oxygen atoms in total. The minimum absolute atomic E-state index is 0.0581. The summed E-state index contributed by atoms with van der Waals surface area (Å²) in [5.74, 6) is 2.34. The van der Waals surface area contributed by atoms with E-state index >= 15 is 0 Å². The van der Waals surface area contributed by atoms with Crippen molar-refractivity contribution in [3.05, 3.63) is 11.6 Å². The molecule has 0 aliphatic carbocycles. The molecule has 0 amide bonds. The molecule has 1 heteroatoms. The molecule has 138 valence electrons. The van der Waals surface area contributed by atoms with Crippen LogP contribution in [0.4, 0.5) is 0 Å². The Labute approximate surface area is 147 Å². The van der Waals surface area contributed by atoms with E-state index in [1.54, 1.807) is 0 Å². The van der Waals surface area contributed by atoms with Gasteiger partial charge < -0.3 is 5.73 Å². The molecule has 2 N–H and O–H groups in total. The zero-order valence-corrected chi connectivity index (χ0v) is 17.6. The Hall–Kier alpha value is -0.300. The summed E-state index contributed by atoms with van der Waals surface area (Å²) in [6.45, 7) is 20.9. The Morgan fingerprint density at radius 2 is 1.52 bits per heavy atom. The van der Waals surface area contributed by atoms with E-state index in [9.17, 15) is 0 Å². The lowest BCUT2D eigenvalue weighted by Gasteiger charge is -2.33. The number of rotatable bonds is 11. The quantitative estimate of drug-likeness (QED) is 0.408. The van der Waals surface area contributed by atoms with Crippen molar-refractivity contribution in [2.24, 2.45) is 28.9 Å². The highest BCUT2D eigenvalue weighted by molar-refractivity contribution is 4.99. The van der Waals surface area contributed by atoms with Crippen molar-refractivity contribution in [2.75, 3.05) is 0 Å². The SMILES string of the molecule is CCC(C)(C)C(C)CC(C)CCC(C)CC(C)(N)CC=C(C)C. The molecule has 0 radical (unpaired) electrons. The van der Waals surface area contributed by atoms with Gasteiger partial charge in [0.1, 0.15) is 0 Å². The molecular weight excluding hydrogens is 278 g/mol. The highest BCUT2D eigenvalue weighted by Crippen LogP contribution is 2.35. The fourth-order valence-corrected chi connectivity index (χ4v) is 3.38. The first-order valence-electron chi connectivity index (χ1n) is 9.82. The number of hydrogen-bond acceptors (Lipinski definition) is 1. The molecule has 4 unspecified atom stereocenters. The van der Waals surface area contributed by atoms with E-state index in [1.165, 1.54) is 31.3 Å². The topological polar surface area (TPSA) is 26.0 Å². The maximum atomic E-state index is 6.48. The molecule has 0 saturated carbocycles. The summed E-state index contributed by atoms with van der Waals surface area (Å²) in [7, 11) is 0. The van der Waals surface area contributed by atoms with Crippen LogP contribution in [0.5, 0.6) is 0 Å². The molecule has 0 aliphatic heterocycles. The molecule has 4 atom stereocenters. The molecule has 0 bridgehead atoms. The lowest BCUT2D eigenvalue weighted by molar-refractivity contribution is 0.180. The van der Waals surface area contributed by atoms with E-state index in [1.807, 2.05) is 0 Å². The van der Waals surface area contributed by atoms with Crippen LogP contribution in [0.3, 0.4) is 0 Å². The summed E-state index contributed by atoms with van der Waals surface area (Å²) in [6.07, 6.45) is 9.67. The molecule has 0 spiro atoms. The minimum atomic E-state index is -0.0581. The fraction of sp³-hybridized carbons (Fsp3) is 0.909. The molecule has 0 rings (SSSR count). The van der Waals surface area contributed by atoms with Gasteiger partial charge in [-0.15, -0.1) is 0 Å². The van der Waals surface area contributed by atoms with E-state index in [0.29, 0.717) is 11.3 Å². The molecule has 0 aliphatic rings. The van der Waals surface area contributed by atoms with Crippen LogP contribution in [0.2, 0.25) is 0 Å². The average molecular weight is 324 g/mol. The van der Waals surface area contributed by atoms with Crippen molar-refractivity contribution >= 4 is 0 Å². The highest BCUT2D eigenvalue weighted by Gasteiger charge is 2.25. The second-order valence-corrected chi connectivity index (χ2v) is 9.61. The van der Waals surface area contributed by atoms with Crippen molar-refractivity contribution in [3.8, 4) is 0 Å². The molecule has 0 saturated heterocycles. The van der Waals surface area contributed by atoms with Gasteiger partial charge in [0.2, 0.25) is 0 Å². The van der Waals surface area contributed by atoms with Crippen LogP contribution in [0.15, 0.2) is 11.6 Å². The van der Waals surface area contributed by atoms with Crippen molar-refractivity contribution < 1.29 is 0 Å². The first kappa shape index (κ1) is 22.7. The summed E-state index contributed by atoms with van der Waals surface area (Å²) < 4.78 is 0. The van der Waals surface area contributed by atoms with Crippen molar-refractivity contribution in [3.63, 3.8) is 0 Å². The molecule has 0 aromatic carbocycles. The zero-order chi connectivity index (χ0) is 18.3. The first-order chi connectivity index (χ1) is 10.4. The normalized spacial score (nSPS) is 18.9. The summed E-state index contributed by atoms with van der Waals surface area (Å²) in [5, 5.41) is 0. The summed E-state index contributed by atoms with van der Waals surface area (Å²) in [4.78, 5) is 0. The molecule has 0 heterocycles. The van der Waals surface area contributed by atoms with Crippen LogP contribution in [0.25, 0.3) is 0 Å². The van der Waals surface area contributed by atoms with Crippen molar-refractivity contribution in [1.82, 2.24) is 0 Å². The zero-order valence-electron chi connectivity index (χ0n) is 17.6. The lowest BCUT2D eigenvalue weighted by atomic mass is 9.73. The summed E-state index contributed by atoms with van der Waals surface area (Å²) in [5.41, 5.74) is 8.27. The predicted molar refractivity (Wildman–Crippen MR) is 107 cm³/mol. The molecule has 23 heavy (non-hydrogen) atoms. The Kier molecular flexibility index (Phi) is 9.74.